The molecule has 0 aliphatic carbocycles. The van der Waals surface area contributed by atoms with E-state index in [-0.39, 0.29) is 6.04 Å². The molecule has 0 saturated heterocycles. The first-order chi connectivity index (χ1) is 9.71. The average molecular weight is 297 g/mol. The Morgan fingerprint density at radius 1 is 1.30 bits per heavy atom. The van der Waals surface area contributed by atoms with Gasteiger partial charge in [0.1, 0.15) is 0 Å². The average Bonchev–Trinajstić information content (AvgIpc) is 2.46. The van der Waals surface area contributed by atoms with Crippen molar-refractivity contribution in [3.8, 4) is 0 Å². The second-order valence-corrected chi connectivity index (χ2v) is 6.61. The largest absolute Gasteiger partial charge is 0.385 e. The van der Waals surface area contributed by atoms with Crippen LogP contribution in [0, 0.1) is 0 Å². The lowest BCUT2D eigenvalue weighted by Gasteiger charge is -2.16. The van der Waals surface area contributed by atoms with E-state index in [0.29, 0.717) is 18.1 Å². The third-order valence-electron chi connectivity index (χ3n) is 3.34. The van der Waals surface area contributed by atoms with Crippen LogP contribution in [0.15, 0.2) is 24.3 Å². The highest BCUT2D eigenvalue weighted by atomic mass is 32.2. The number of methoxy groups -OCH3 is 1. The van der Waals surface area contributed by atoms with Gasteiger partial charge in [-0.25, -0.2) is 0 Å². The second kappa shape index (κ2) is 10.1. The normalized spacial score (nSPS) is 14.2. The van der Waals surface area contributed by atoms with Gasteiger partial charge in [-0.3, -0.25) is 4.21 Å². The van der Waals surface area contributed by atoms with Gasteiger partial charge in [-0.1, -0.05) is 37.6 Å². The van der Waals surface area contributed by atoms with Crippen LogP contribution in [0.1, 0.15) is 36.9 Å². The van der Waals surface area contributed by atoms with E-state index in [2.05, 4.69) is 36.5 Å². The maximum atomic E-state index is 12.0. The summed E-state index contributed by atoms with van der Waals surface area (Å²) >= 11 is 0. The van der Waals surface area contributed by atoms with Crippen molar-refractivity contribution in [2.45, 2.75) is 32.2 Å². The van der Waals surface area contributed by atoms with Crippen LogP contribution in [0.25, 0.3) is 0 Å². The minimum absolute atomic E-state index is 0.161. The molecule has 1 N–H and O–H groups in total. The highest BCUT2D eigenvalue weighted by Gasteiger charge is 2.13. The van der Waals surface area contributed by atoms with Crippen LogP contribution >= 0.6 is 0 Å². The Hall–Kier alpha value is -0.710. The molecular formula is C16H27NO2S. The molecule has 0 bridgehead atoms. The molecule has 0 aliphatic heterocycles. The lowest BCUT2D eigenvalue weighted by Crippen LogP contribution is -2.23. The molecule has 0 fully saturated rings. The smallest absolute Gasteiger partial charge is 0.0471 e. The molecule has 0 heterocycles. The molecule has 3 nitrogen and oxygen atoms in total. The Labute approximate surface area is 125 Å². The summed E-state index contributed by atoms with van der Waals surface area (Å²) in [6, 6.07) is 8.82. The van der Waals surface area contributed by atoms with Crippen molar-refractivity contribution in [2.24, 2.45) is 0 Å². The molecule has 1 rings (SSSR count). The zero-order valence-electron chi connectivity index (χ0n) is 12.9. The van der Waals surface area contributed by atoms with E-state index in [1.165, 1.54) is 11.1 Å². The minimum atomic E-state index is -0.803. The van der Waals surface area contributed by atoms with Gasteiger partial charge in [-0.05, 0) is 31.0 Å². The van der Waals surface area contributed by atoms with Crippen LogP contribution in [0.5, 0.6) is 0 Å². The van der Waals surface area contributed by atoms with Crippen molar-refractivity contribution in [3.63, 3.8) is 0 Å². The van der Waals surface area contributed by atoms with Crippen molar-refractivity contribution in [1.29, 1.82) is 0 Å². The molecule has 4 heteroatoms. The molecular weight excluding hydrogens is 270 g/mol. The summed E-state index contributed by atoms with van der Waals surface area (Å²) in [6.07, 6.45) is 3.14. The lowest BCUT2D eigenvalue weighted by atomic mass is 10.0. The van der Waals surface area contributed by atoms with Gasteiger partial charge < -0.3 is 10.1 Å². The molecule has 2 unspecified atom stereocenters. The SMILES string of the molecule is CCCc1ccc(C(CS(=O)CCCOC)NC)cc1. The highest BCUT2D eigenvalue weighted by Crippen LogP contribution is 2.16. The molecule has 1 aromatic carbocycles. The fourth-order valence-corrected chi connectivity index (χ4v) is 3.52. The number of hydrogen-bond acceptors (Lipinski definition) is 3. The fraction of sp³-hybridized carbons (Fsp3) is 0.625. The van der Waals surface area contributed by atoms with Crippen molar-refractivity contribution in [1.82, 2.24) is 5.32 Å². The van der Waals surface area contributed by atoms with Crippen molar-refractivity contribution < 1.29 is 8.95 Å². The fourth-order valence-electron chi connectivity index (χ4n) is 2.18. The van der Waals surface area contributed by atoms with Crippen LogP contribution in [-0.4, -0.2) is 36.5 Å². The van der Waals surface area contributed by atoms with Gasteiger partial charge in [0.05, 0.1) is 0 Å². The molecule has 20 heavy (non-hydrogen) atoms. The molecule has 1 aromatic rings. The van der Waals surface area contributed by atoms with E-state index in [4.69, 9.17) is 4.74 Å². The zero-order valence-corrected chi connectivity index (χ0v) is 13.7. The first-order valence-electron chi connectivity index (χ1n) is 7.31. The van der Waals surface area contributed by atoms with Crippen LogP contribution in [0.3, 0.4) is 0 Å². The monoisotopic (exact) mass is 297 g/mol. The zero-order chi connectivity index (χ0) is 14.8. The molecule has 0 aliphatic rings. The molecule has 0 spiro atoms. The van der Waals surface area contributed by atoms with E-state index in [1.54, 1.807) is 7.11 Å². The van der Waals surface area contributed by atoms with Crippen LogP contribution < -0.4 is 5.32 Å². The van der Waals surface area contributed by atoms with Gasteiger partial charge in [0, 0.05) is 42.1 Å². The van der Waals surface area contributed by atoms with Gasteiger partial charge >= 0.3 is 0 Å². The number of ether oxygens (including phenoxy) is 1. The number of nitrogens with one attached hydrogen (secondary N) is 1. The number of benzene rings is 1. The summed E-state index contributed by atoms with van der Waals surface area (Å²) in [5, 5.41) is 3.27. The first kappa shape index (κ1) is 17.3. The predicted molar refractivity (Wildman–Crippen MR) is 86.6 cm³/mol. The van der Waals surface area contributed by atoms with Crippen LogP contribution in [0.4, 0.5) is 0 Å². The Bertz CT molecular complexity index is 392. The molecule has 2 atom stereocenters. The lowest BCUT2D eigenvalue weighted by molar-refractivity contribution is 0.200. The van der Waals surface area contributed by atoms with Crippen LogP contribution in [-0.2, 0) is 22.0 Å². The first-order valence-corrected chi connectivity index (χ1v) is 8.80. The predicted octanol–water partition coefficient (Wildman–Crippen LogP) is 2.68. The summed E-state index contributed by atoms with van der Waals surface area (Å²) in [6.45, 7) is 2.87. The summed E-state index contributed by atoms with van der Waals surface area (Å²) in [5.74, 6) is 1.37. The Morgan fingerprint density at radius 3 is 2.55 bits per heavy atom. The molecule has 0 amide bonds. The number of hydrogen-bond donors (Lipinski definition) is 1. The van der Waals surface area contributed by atoms with Gasteiger partial charge in [0.15, 0.2) is 0 Å². The van der Waals surface area contributed by atoms with Gasteiger partial charge in [0.2, 0.25) is 0 Å². The minimum Gasteiger partial charge on any atom is -0.385 e. The van der Waals surface area contributed by atoms with E-state index in [1.807, 2.05) is 7.05 Å². The Kier molecular flexibility index (Phi) is 8.74. The summed E-state index contributed by atoms with van der Waals surface area (Å²) in [5.41, 5.74) is 2.58. The standard InChI is InChI=1S/C16H27NO2S/c1-4-6-14-7-9-15(10-8-14)16(17-2)13-20(18)12-5-11-19-3/h7-10,16-17H,4-6,11-13H2,1-3H3. The molecule has 0 radical (unpaired) electrons. The topological polar surface area (TPSA) is 38.3 Å². The van der Waals surface area contributed by atoms with Gasteiger partial charge in [-0.15, -0.1) is 0 Å². The Balaban J connectivity index is 2.54. The third-order valence-corrected chi connectivity index (χ3v) is 4.79. The summed E-state index contributed by atoms with van der Waals surface area (Å²) < 4.78 is 17.0. The molecule has 0 aromatic heterocycles. The van der Waals surface area contributed by atoms with Gasteiger partial charge in [0.25, 0.3) is 0 Å². The van der Waals surface area contributed by atoms with Crippen LogP contribution in [0.2, 0.25) is 0 Å². The molecule has 0 saturated carbocycles. The summed E-state index contributed by atoms with van der Waals surface area (Å²) in [4.78, 5) is 0. The number of rotatable bonds is 10. The third kappa shape index (κ3) is 6.16. The summed E-state index contributed by atoms with van der Waals surface area (Å²) in [7, 11) is 2.80. The van der Waals surface area contributed by atoms with E-state index in [9.17, 15) is 4.21 Å². The van der Waals surface area contributed by atoms with E-state index in [0.717, 1.165) is 19.3 Å². The number of aryl methyl sites for hydroxylation is 1. The maximum Gasteiger partial charge on any atom is 0.0471 e. The second-order valence-electron chi connectivity index (χ2n) is 4.99. The quantitative estimate of drug-likeness (QED) is 0.675. The van der Waals surface area contributed by atoms with E-state index < -0.39 is 10.8 Å². The van der Waals surface area contributed by atoms with Gasteiger partial charge in [-0.2, -0.15) is 0 Å². The molecule has 114 valence electrons. The Morgan fingerprint density at radius 2 is 2.00 bits per heavy atom. The van der Waals surface area contributed by atoms with E-state index >= 15 is 0 Å². The highest BCUT2D eigenvalue weighted by molar-refractivity contribution is 7.85. The van der Waals surface area contributed by atoms with Crippen molar-refractivity contribution >= 4 is 10.8 Å². The maximum absolute atomic E-state index is 12.0. The van der Waals surface area contributed by atoms with Crippen molar-refractivity contribution in [3.05, 3.63) is 35.4 Å². The van der Waals surface area contributed by atoms with Crippen molar-refractivity contribution in [2.75, 3.05) is 32.3 Å².